The minimum Gasteiger partial charge on any atom is -0.494 e. The Labute approximate surface area is 257 Å². The molecule has 0 radical (unpaired) electrons. The van der Waals surface area contributed by atoms with Crippen molar-refractivity contribution in [3.63, 3.8) is 0 Å². The zero-order valence-corrected chi connectivity index (χ0v) is 25.5. The maximum Gasteiger partial charge on any atom is 0.254 e. The van der Waals surface area contributed by atoms with Crippen LogP contribution in [0.2, 0.25) is 0 Å². The van der Waals surface area contributed by atoms with E-state index in [9.17, 15) is 4.79 Å². The van der Waals surface area contributed by atoms with E-state index >= 15 is 0 Å². The average molecular weight is 583 g/mol. The van der Waals surface area contributed by atoms with Gasteiger partial charge < -0.3 is 18.8 Å². The van der Waals surface area contributed by atoms with Gasteiger partial charge in [-0.3, -0.25) is 4.79 Å². The smallest absolute Gasteiger partial charge is 0.254 e. The van der Waals surface area contributed by atoms with E-state index in [0.717, 1.165) is 48.0 Å². The second-order valence-corrected chi connectivity index (χ2v) is 13.9. The van der Waals surface area contributed by atoms with Crippen molar-refractivity contribution in [3.05, 3.63) is 89.5 Å². The van der Waals surface area contributed by atoms with Crippen LogP contribution in [0.25, 0.3) is 39.5 Å². The van der Waals surface area contributed by atoms with Crippen molar-refractivity contribution in [2.45, 2.75) is 51.1 Å². The van der Waals surface area contributed by atoms with Crippen LogP contribution >= 0.6 is 0 Å². The van der Waals surface area contributed by atoms with Crippen LogP contribution in [0.1, 0.15) is 53.6 Å². The van der Waals surface area contributed by atoms with Gasteiger partial charge in [-0.05, 0) is 85.8 Å². The third-order valence-corrected chi connectivity index (χ3v) is 11.0. The van der Waals surface area contributed by atoms with Crippen LogP contribution in [0.5, 0.6) is 5.75 Å². The highest BCUT2D eigenvalue weighted by Crippen LogP contribution is 2.66. The number of aromatic nitrogens is 3. The number of fused-ring (bicyclic) bond motifs is 2. The number of carbonyl (C=O) groups excluding carboxylic acids is 1. The standard InChI is InChI=1S/C38H38N4O2/c1-40-35-30(17-29(19-33(35)44-2)37(43)42-23-38-20-27(21-38)16-34(38)42)39-36(40)32-18-28-14-13-25(10-6-9-24-7-4-3-5-8-24)15-31(28)41(32)22-26-11-12-26/h3-8,10,13-15,17-19,26-27,34H,9,11-12,16,20-23H2,1-2H3/b10-6+. The molecule has 3 aromatic carbocycles. The molecule has 1 atom stereocenters. The van der Waals surface area contributed by atoms with Crippen molar-refractivity contribution in [1.29, 1.82) is 0 Å². The molecular formula is C38H38N4O2. The van der Waals surface area contributed by atoms with E-state index in [4.69, 9.17) is 9.72 Å². The normalized spacial score (nSPS) is 23.7. The molecule has 4 aliphatic carbocycles. The molecule has 1 saturated heterocycles. The van der Waals surface area contributed by atoms with Crippen LogP contribution < -0.4 is 4.74 Å². The van der Waals surface area contributed by atoms with Crippen LogP contribution in [0.3, 0.4) is 0 Å². The molecule has 5 aliphatic rings. The Morgan fingerprint density at radius 1 is 1.07 bits per heavy atom. The number of amides is 1. The summed E-state index contributed by atoms with van der Waals surface area (Å²) in [6.45, 7) is 1.89. The van der Waals surface area contributed by atoms with Crippen LogP contribution in [0.4, 0.5) is 0 Å². The zero-order chi connectivity index (χ0) is 29.6. The maximum absolute atomic E-state index is 13.7. The highest BCUT2D eigenvalue weighted by atomic mass is 16.5. The summed E-state index contributed by atoms with van der Waals surface area (Å²) in [7, 11) is 3.76. The molecule has 5 aromatic rings. The Morgan fingerprint density at radius 2 is 1.91 bits per heavy atom. The number of rotatable bonds is 8. The number of likely N-dealkylation sites (tertiary alicyclic amines) is 1. The Balaban J connectivity index is 1.09. The lowest BCUT2D eigenvalue weighted by Gasteiger charge is -2.56. The van der Waals surface area contributed by atoms with Crippen molar-refractivity contribution >= 4 is 33.9 Å². The number of hydrogen-bond donors (Lipinski definition) is 0. The second-order valence-electron chi connectivity index (χ2n) is 13.9. The van der Waals surface area contributed by atoms with Gasteiger partial charge in [0.1, 0.15) is 11.3 Å². The number of ether oxygens (including phenoxy) is 1. The molecule has 4 saturated carbocycles. The summed E-state index contributed by atoms with van der Waals surface area (Å²) in [5, 5.41) is 1.22. The first kappa shape index (κ1) is 26.1. The molecule has 10 rings (SSSR count). The van der Waals surface area contributed by atoms with Crippen LogP contribution in [-0.4, -0.2) is 44.6 Å². The van der Waals surface area contributed by atoms with Gasteiger partial charge in [-0.1, -0.05) is 54.6 Å². The van der Waals surface area contributed by atoms with E-state index in [0.29, 0.717) is 28.7 Å². The highest BCUT2D eigenvalue weighted by molar-refractivity contribution is 6.01. The Hall–Kier alpha value is -4.32. The van der Waals surface area contributed by atoms with Gasteiger partial charge in [0.05, 0.1) is 18.3 Å². The first-order valence-corrected chi connectivity index (χ1v) is 16.2. The van der Waals surface area contributed by atoms with Crippen molar-refractivity contribution in [1.82, 2.24) is 19.0 Å². The van der Waals surface area contributed by atoms with Crippen molar-refractivity contribution in [2.24, 2.45) is 24.3 Å². The molecule has 222 valence electrons. The molecule has 1 amide bonds. The number of aryl methyl sites for hydroxylation is 1. The highest BCUT2D eigenvalue weighted by Gasteiger charge is 2.67. The predicted octanol–water partition coefficient (Wildman–Crippen LogP) is 7.49. The Bertz CT molecular complexity index is 1970. The lowest BCUT2D eigenvalue weighted by atomic mass is 9.63. The van der Waals surface area contributed by atoms with E-state index in [-0.39, 0.29) is 5.91 Å². The molecule has 2 aromatic heterocycles. The van der Waals surface area contributed by atoms with Crippen LogP contribution in [-0.2, 0) is 20.0 Å². The summed E-state index contributed by atoms with van der Waals surface area (Å²) in [6, 6.07) is 24.0. The molecule has 5 fully saturated rings. The Kier molecular flexibility index (Phi) is 5.69. The van der Waals surface area contributed by atoms with Gasteiger partial charge in [0.2, 0.25) is 0 Å². The minimum atomic E-state index is 0.122. The first-order valence-electron chi connectivity index (χ1n) is 16.2. The summed E-state index contributed by atoms with van der Waals surface area (Å²) in [5.41, 5.74) is 7.72. The van der Waals surface area contributed by atoms with Gasteiger partial charge in [0.15, 0.2) is 5.82 Å². The van der Waals surface area contributed by atoms with Gasteiger partial charge in [-0.2, -0.15) is 0 Å². The number of carbonyl (C=O) groups is 1. The summed E-state index contributed by atoms with van der Waals surface area (Å²) < 4.78 is 10.5. The third-order valence-electron chi connectivity index (χ3n) is 11.0. The molecular weight excluding hydrogens is 544 g/mol. The molecule has 2 bridgehead atoms. The minimum absolute atomic E-state index is 0.122. The molecule has 1 aliphatic heterocycles. The number of nitrogens with zero attached hydrogens (tertiary/aromatic N) is 4. The number of hydrogen-bond acceptors (Lipinski definition) is 3. The van der Waals surface area contributed by atoms with E-state index < -0.39 is 0 Å². The fraction of sp³-hybridized carbons (Fsp3) is 0.368. The average Bonchev–Trinajstić information content (AvgIpc) is 3.49. The van der Waals surface area contributed by atoms with Crippen molar-refractivity contribution < 1.29 is 9.53 Å². The van der Waals surface area contributed by atoms with Gasteiger partial charge in [0, 0.05) is 48.1 Å². The number of methoxy groups -OCH3 is 1. The number of benzene rings is 3. The summed E-state index contributed by atoms with van der Waals surface area (Å²) in [5.74, 6) is 3.26. The monoisotopic (exact) mass is 582 g/mol. The summed E-state index contributed by atoms with van der Waals surface area (Å²) >= 11 is 0. The second kappa shape index (κ2) is 9.59. The quantitative estimate of drug-likeness (QED) is 0.190. The summed E-state index contributed by atoms with van der Waals surface area (Å²) in [4.78, 5) is 21.0. The number of imidazole rings is 1. The van der Waals surface area contributed by atoms with Gasteiger partial charge in [-0.15, -0.1) is 0 Å². The zero-order valence-electron chi connectivity index (χ0n) is 25.5. The Morgan fingerprint density at radius 3 is 2.68 bits per heavy atom. The fourth-order valence-electron chi connectivity index (χ4n) is 8.58. The molecule has 6 heteroatoms. The van der Waals surface area contributed by atoms with Crippen molar-refractivity contribution in [2.75, 3.05) is 13.7 Å². The van der Waals surface area contributed by atoms with E-state index in [1.54, 1.807) is 7.11 Å². The van der Waals surface area contributed by atoms with Crippen molar-refractivity contribution in [3.8, 4) is 17.3 Å². The first-order chi connectivity index (χ1) is 21.5. The SMILES string of the molecule is COc1cc(C(=O)N2CC34CC(CC23)C4)cc2nc(-c3cc4ccc(/C=C/Cc5ccccc5)cc4n3CC3CC3)n(C)c12. The fourth-order valence-corrected chi connectivity index (χ4v) is 8.58. The third kappa shape index (κ3) is 3.99. The molecule has 6 nitrogen and oxygen atoms in total. The molecule has 1 spiro atoms. The molecule has 1 unspecified atom stereocenters. The number of allylic oxidation sites excluding steroid dienone is 1. The largest absolute Gasteiger partial charge is 0.494 e. The van der Waals surface area contributed by atoms with Crippen LogP contribution in [0, 0.1) is 17.3 Å². The van der Waals surface area contributed by atoms with Gasteiger partial charge in [0.25, 0.3) is 5.91 Å². The van der Waals surface area contributed by atoms with E-state index in [1.165, 1.54) is 54.1 Å². The van der Waals surface area contributed by atoms with Gasteiger partial charge >= 0.3 is 0 Å². The molecule has 44 heavy (non-hydrogen) atoms. The lowest BCUT2D eigenvalue weighted by molar-refractivity contribution is -0.0552. The lowest BCUT2D eigenvalue weighted by Crippen LogP contribution is -2.64. The van der Waals surface area contributed by atoms with E-state index in [2.05, 4.69) is 87.8 Å². The molecule has 3 heterocycles. The van der Waals surface area contributed by atoms with Gasteiger partial charge in [-0.25, -0.2) is 4.98 Å². The predicted molar refractivity (Wildman–Crippen MR) is 175 cm³/mol. The molecule has 0 N–H and O–H groups in total. The maximum atomic E-state index is 13.7. The van der Waals surface area contributed by atoms with Crippen LogP contribution in [0.15, 0.2) is 72.8 Å². The van der Waals surface area contributed by atoms with E-state index in [1.807, 2.05) is 12.1 Å². The topological polar surface area (TPSA) is 52.3 Å². The summed E-state index contributed by atoms with van der Waals surface area (Å²) in [6.07, 6.45) is 11.7.